The van der Waals surface area contributed by atoms with E-state index in [0.717, 1.165) is 44.1 Å². The lowest BCUT2D eigenvalue weighted by atomic mass is 9.65. The second-order valence-electron chi connectivity index (χ2n) is 8.11. The lowest BCUT2D eigenvalue weighted by Crippen LogP contribution is -2.49. The highest BCUT2D eigenvalue weighted by Gasteiger charge is 2.48. The van der Waals surface area contributed by atoms with Crippen molar-refractivity contribution >= 4 is 0 Å². The Morgan fingerprint density at radius 3 is 2.25 bits per heavy atom. The van der Waals surface area contributed by atoms with Crippen molar-refractivity contribution in [3.05, 3.63) is 0 Å². The minimum absolute atomic E-state index is 0.146. The third-order valence-electron chi connectivity index (χ3n) is 6.61. The van der Waals surface area contributed by atoms with Crippen molar-refractivity contribution in [2.24, 2.45) is 17.8 Å². The van der Waals surface area contributed by atoms with Gasteiger partial charge in [-0.2, -0.15) is 0 Å². The molecule has 1 N–H and O–H groups in total. The number of aliphatic hydroxyl groups is 1. The van der Waals surface area contributed by atoms with Crippen molar-refractivity contribution in [1.29, 1.82) is 0 Å². The molecule has 1 spiro atoms. The van der Waals surface area contributed by atoms with E-state index in [-0.39, 0.29) is 11.2 Å². The van der Waals surface area contributed by atoms with E-state index in [1.165, 1.54) is 38.5 Å². The summed E-state index contributed by atoms with van der Waals surface area (Å²) in [7, 11) is 0. The molecule has 1 heterocycles. The summed E-state index contributed by atoms with van der Waals surface area (Å²) in [5.41, 5.74) is -0.238. The average Bonchev–Trinajstić information content (AvgIpc) is 2.87. The summed E-state index contributed by atoms with van der Waals surface area (Å²) in [6, 6.07) is 0. The first-order valence-electron chi connectivity index (χ1n) is 8.89. The van der Waals surface area contributed by atoms with Crippen LogP contribution in [0.25, 0.3) is 0 Å². The van der Waals surface area contributed by atoms with Crippen molar-refractivity contribution in [3.63, 3.8) is 0 Å². The molecular formula is C18H32O2. The van der Waals surface area contributed by atoms with Crippen LogP contribution in [0.3, 0.4) is 0 Å². The molecule has 1 saturated heterocycles. The summed E-state index contributed by atoms with van der Waals surface area (Å²) in [5, 5.41) is 11.2. The zero-order valence-electron chi connectivity index (χ0n) is 13.4. The largest absolute Gasteiger partial charge is 0.390 e. The average molecular weight is 280 g/mol. The maximum Gasteiger partial charge on any atom is 0.0686 e. The predicted molar refractivity (Wildman–Crippen MR) is 81.6 cm³/mol. The van der Waals surface area contributed by atoms with Gasteiger partial charge in [-0.25, -0.2) is 0 Å². The summed E-state index contributed by atoms with van der Waals surface area (Å²) in [6.07, 6.45) is 11.8. The Kier molecular flexibility index (Phi) is 4.16. The third kappa shape index (κ3) is 2.78. The number of hydrogen-bond donors (Lipinski definition) is 1. The molecule has 0 aromatic carbocycles. The van der Waals surface area contributed by atoms with Crippen LogP contribution in [0.2, 0.25) is 0 Å². The molecule has 1 atom stereocenters. The quantitative estimate of drug-likeness (QED) is 0.817. The first-order chi connectivity index (χ1) is 9.53. The molecule has 0 amide bonds. The molecule has 0 aromatic rings. The van der Waals surface area contributed by atoms with E-state index in [1.807, 2.05) is 0 Å². The Bertz CT molecular complexity index is 322. The fraction of sp³-hybridized carbons (Fsp3) is 1.00. The summed E-state index contributed by atoms with van der Waals surface area (Å²) in [4.78, 5) is 0. The highest BCUT2D eigenvalue weighted by atomic mass is 16.5. The van der Waals surface area contributed by atoms with Crippen LogP contribution in [-0.4, -0.2) is 22.9 Å². The minimum atomic E-state index is -0.384. The minimum Gasteiger partial charge on any atom is -0.390 e. The van der Waals surface area contributed by atoms with Crippen molar-refractivity contribution in [2.45, 2.75) is 89.3 Å². The van der Waals surface area contributed by atoms with Crippen molar-refractivity contribution in [1.82, 2.24) is 0 Å². The molecule has 2 heteroatoms. The smallest absolute Gasteiger partial charge is 0.0686 e. The van der Waals surface area contributed by atoms with Gasteiger partial charge >= 0.3 is 0 Å². The molecule has 0 radical (unpaired) electrons. The fourth-order valence-corrected chi connectivity index (χ4v) is 5.07. The molecule has 2 saturated carbocycles. The first kappa shape index (κ1) is 14.8. The monoisotopic (exact) mass is 280 g/mol. The van der Waals surface area contributed by atoms with Crippen molar-refractivity contribution < 1.29 is 9.84 Å². The molecule has 0 aromatic heterocycles. The standard InChI is InChI=1S/C18H32O2/c1-14(2)15-5-10-18(19,11-6-15)16-7-12-20-17(13-16)8-3-4-9-17/h14-16,19H,3-13H2,1-2H3. The molecular weight excluding hydrogens is 248 g/mol. The number of rotatable bonds is 2. The Labute approximate surface area is 124 Å². The highest BCUT2D eigenvalue weighted by Crippen LogP contribution is 2.49. The summed E-state index contributed by atoms with van der Waals surface area (Å²) in [5.74, 6) is 2.09. The zero-order chi connectivity index (χ0) is 14.2. The van der Waals surface area contributed by atoms with Gasteiger partial charge < -0.3 is 9.84 Å². The SMILES string of the molecule is CC(C)C1CCC(O)(C2CCOC3(CCCC3)C2)CC1. The van der Waals surface area contributed by atoms with Crippen molar-refractivity contribution in [3.8, 4) is 0 Å². The molecule has 116 valence electrons. The van der Waals surface area contributed by atoms with E-state index in [0.29, 0.717) is 5.92 Å². The van der Waals surface area contributed by atoms with Crippen molar-refractivity contribution in [2.75, 3.05) is 6.61 Å². The second kappa shape index (κ2) is 5.61. The first-order valence-corrected chi connectivity index (χ1v) is 8.89. The summed E-state index contributed by atoms with van der Waals surface area (Å²) in [6.45, 7) is 5.54. The normalized spacial score (nSPS) is 41.4. The fourth-order valence-electron chi connectivity index (χ4n) is 5.07. The Morgan fingerprint density at radius 1 is 1.00 bits per heavy atom. The molecule has 3 aliphatic rings. The molecule has 1 unspecified atom stereocenters. The number of hydrogen-bond acceptors (Lipinski definition) is 2. The molecule has 2 aliphatic carbocycles. The van der Waals surface area contributed by atoms with Crippen LogP contribution < -0.4 is 0 Å². The van der Waals surface area contributed by atoms with Gasteiger partial charge in [0.05, 0.1) is 11.2 Å². The van der Waals surface area contributed by atoms with Gasteiger partial charge in [0.2, 0.25) is 0 Å². The highest BCUT2D eigenvalue weighted by molar-refractivity contribution is 4.99. The van der Waals surface area contributed by atoms with E-state index in [9.17, 15) is 5.11 Å². The van der Waals surface area contributed by atoms with Gasteiger partial charge in [0.15, 0.2) is 0 Å². The lowest BCUT2D eigenvalue weighted by molar-refractivity contribution is -0.153. The van der Waals surface area contributed by atoms with Gasteiger partial charge in [0, 0.05) is 6.61 Å². The van der Waals surface area contributed by atoms with Crippen LogP contribution in [0.4, 0.5) is 0 Å². The van der Waals surface area contributed by atoms with E-state index >= 15 is 0 Å². The zero-order valence-corrected chi connectivity index (χ0v) is 13.4. The van der Waals surface area contributed by atoms with Crippen LogP contribution in [0, 0.1) is 17.8 Å². The molecule has 2 nitrogen and oxygen atoms in total. The van der Waals surface area contributed by atoms with Crippen LogP contribution in [0.5, 0.6) is 0 Å². The number of ether oxygens (including phenoxy) is 1. The van der Waals surface area contributed by atoms with Gasteiger partial charge in [-0.15, -0.1) is 0 Å². The van der Waals surface area contributed by atoms with Crippen LogP contribution in [0.1, 0.15) is 78.1 Å². The molecule has 3 fully saturated rings. The van der Waals surface area contributed by atoms with Crippen LogP contribution in [-0.2, 0) is 4.74 Å². The molecule has 0 bridgehead atoms. The molecule has 3 rings (SSSR count). The maximum atomic E-state index is 11.2. The topological polar surface area (TPSA) is 29.5 Å². The van der Waals surface area contributed by atoms with Gasteiger partial charge in [-0.1, -0.05) is 26.7 Å². The van der Waals surface area contributed by atoms with E-state index < -0.39 is 0 Å². The molecule has 1 aliphatic heterocycles. The molecule has 20 heavy (non-hydrogen) atoms. The summed E-state index contributed by atoms with van der Waals surface area (Å²) < 4.78 is 6.14. The van der Waals surface area contributed by atoms with Crippen LogP contribution in [0.15, 0.2) is 0 Å². The lowest BCUT2D eigenvalue weighted by Gasteiger charge is -2.48. The second-order valence-corrected chi connectivity index (χ2v) is 8.11. The maximum absolute atomic E-state index is 11.2. The summed E-state index contributed by atoms with van der Waals surface area (Å²) >= 11 is 0. The van der Waals surface area contributed by atoms with Gasteiger partial charge in [-0.05, 0) is 69.1 Å². The van der Waals surface area contributed by atoms with E-state index in [1.54, 1.807) is 0 Å². The van der Waals surface area contributed by atoms with Gasteiger partial charge in [-0.3, -0.25) is 0 Å². The van der Waals surface area contributed by atoms with E-state index in [2.05, 4.69) is 13.8 Å². The van der Waals surface area contributed by atoms with Gasteiger partial charge in [0.1, 0.15) is 0 Å². The van der Waals surface area contributed by atoms with Gasteiger partial charge in [0.25, 0.3) is 0 Å². The Morgan fingerprint density at radius 2 is 1.65 bits per heavy atom. The van der Waals surface area contributed by atoms with E-state index in [4.69, 9.17) is 4.74 Å². The van der Waals surface area contributed by atoms with Crippen LogP contribution >= 0.6 is 0 Å². The third-order valence-corrected chi connectivity index (χ3v) is 6.61. The Hall–Kier alpha value is -0.0800. The predicted octanol–water partition coefficient (Wildman–Crippen LogP) is 4.30. The Balaban J connectivity index is 1.63.